The quantitative estimate of drug-likeness (QED) is 0.459. The number of amides is 1. The number of nitrogens with one attached hydrogen (secondary N) is 1. The Labute approximate surface area is 142 Å². The third-order valence-corrected chi connectivity index (χ3v) is 1.07. The molecule has 17 heavy (non-hydrogen) atoms. The van der Waals surface area contributed by atoms with E-state index in [2.05, 4.69) is 42.1 Å². The maximum Gasteiger partial charge on any atom is 0.189 e. The summed E-state index contributed by atoms with van der Waals surface area (Å²) in [5.41, 5.74) is 0. The first-order chi connectivity index (χ1) is 7.20. The normalized spacial score (nSPS) is 6.47. The molecule has 0 aliphatic rings. The minimum atomic E-state index is -0.0185. The molecule has 1 N–H and O–H groups in total. The third-order valence-electron chi connectivity index (χ3n) is 1.07. The zero-order chi connectivity index (χ0) is 12.1. The van der Waals surface area contributed by atoms with E-state index in [-0.39, 0.29) is 59.7 Å². The number of hydrogen-bond donors (Lipinski definition) is 1. The van der Waals surface area contributed by atoms with Crippen molar-refractivity contribution in [3.63, 3.8) is 0 Å². The van der Waals surface area contributed by atoms with Gasteiger partial charge in [0.25, 0.3) is 0 Å². The van der Waals surface area contributed by atoms with Crippen molar-refractivity contribution in [2.24, 2.45) is 0 Å². The molecule has 0 aliphatic carbocycles. The van der Waals surface area contributed by atoms with Gasteiger partial charge in [-0.2, -0.15) is 0 Å². The molecule has 1 heterocycles. The molecule has 0 unspecified atom stereocenters. The fraction of sp³-hybridized carbons (Fsp3) is 0.200. The fourth-order valence-electron chi connectivity index (χ4n) is 0.422. The fourth-order valence-corrected chi connectivity index (χ4v) is 0.422. The van der Waals surface area contributed by atoms with Gasteiger partial charge >= 0.3 is 0 Å². The van der Waals surface area contributed by atoms with Gasteiger partial charge in [-0.25, -0.2) is 0 Å². The molecule has 1 aromatic heterocycles. The van der Waals surface area contributed by atoms with E-state index < -0.39 is 0 Å². The Morgan fingerprint density at radius 1 is 1.59 bits per heavy atom. The van der Waals surface area contributed by atoms with Gasteiger partial charge in [0.2, 0.25) is 0 Å². The van der Waals surface area contributed by atoms with Gasteiger partial charge in [0.05, 0.1) is 0 Å². The van der Waals surface area contributed by atoms with Gasteiger partial charge in [-0.1, -0.05) is 12.4 Å². The van der Waals surface area contributed by atoms with Gasteiger partial charge < -0.3 is 33.9 Å². The summed E-state index contributed by atoms with van der Waals surface area (Å²) >= 11 is 0. The molecule has 0 aromatic carbocycles. The van der Waals surface area contributed by atoms with E-state index in [1.807, 2.05) is 0 Å². The minimum absolute atomic E-state index is 0. The van der Waals surface area contributed by atoms with Crippen LogP contribution >= 0.6 is 0 Å². The van der Waals surface area contributed by atoms with Crippen molar-refractivity contribution < 1.29 is 63.4 Å². The molecule has 1 aromatic rings. The average molecular weight is 480 g/mol. The summed E-state index contributed by atoms with van der Waals surface area (Å²) < 4.78 is 0. The molecule has 93 valence electrons. The number of rotatable bonds is 1. The van der Waals surface area contributed by atoms with Crippen LogP contribution in [0.25, 0.3) is 0 Å². The third kappa shape index (κ3) is 21.7. The number of hydrogen-bond acceptors (Lipinski definition) is 4. The van der Waals surface area contributed by atoms with E-state index in [4.69, 9.17) is 4.79 Å². The molecule has 0 saturated carbocycles. The first kappa shape index (κ1) is 25.7. The molecule has 1 rings (SSSR count). The number of carbonyl (C=O) groups excluding carboxylic acids is 2. The van der Waals surface area contributed by atoms with Crippen molar-refractivity contribution in [2.45, 2.75) is 6.42 Å². The molecule has 0 bridgehead atoms. The van der Waals surface area contributed by atoms with Crippen molar-refractivity contribution in [1.29, 1.82) is 0 Å². The summed E-state index contributed by atoms with van der Waals surface area (Å²) in [7, 11) is 1.59. The molecule has 0 saturated heterocycles. The van der Waals surface area contributed by atoms with Crippen LogP contribution in [0, 0.1) is 20.0 Å². The number of carbonyl (C=O) groups is 1. The van der Waals surface area contributed by atoms with Crippen molar-refractivity contribution in [1.82, 2.24) is 15.3 Å². The van der Waals surface area contributed by atoms with Crippen LogP contribution in [0.2, 0.25) is 0 Å². The van der Waals surface area contributed by atoms with Crippen LogP contribution in [0.4, 0.5) is 0 Å². The smallest absolute Gasteiger partial charge is 0.189 e. The standard InChI is InChI=1S/C5H4N2.C4H8NO.CHO.W.Y/c1-5-6-3-2-4-7-5;1-3-4(6)5-2;1-2;;/h2-3H,1H2;1,3H2,2H3,(H,5,6);1H;;/q-2;2*-1;;. The van der Waals surface area contributed by atoms with Crippen LogP contribution in [-0.2, 0) is 63.4 Å². The predicted octanol–water partition coefficient (Wildman–Crippen LogP) is 0.136. The van der Waals surface area contributed by atoms with Gasteiger partial charge in [-0.15, -0.1) is 18.3 Å². The summed E-state index contributed by atoms with van der Waals surface area (Å²) in [5, 5.41) is 2.41. The van der Waals surface area contributed by atoms with Gasteiger partial charge in [-0.05, 0) is 0 Å². The average Bonchev–Trinajstić information content (AvgIpc) is 2.32. The maximum atomic E-state index is 10.0. The van der Waals surface area contributed by atoms with E-state index in [1.165, 1.54) is 0 Å². The van der Waals surface area contributed by atoms with Crippen LogP contribution in [0.1, 0.15) is 12.2 Å². The first-order valence-corrected chi connectivity index (χ1v) is 3.95. The SMILES string of the molecule is [CH-]=O.[CH2-]CC(=O)NC.[CH2-]c1n[c-]ccn1.[W].[Y]. The predicted molar refractivity (Wildman–Crippen MR) is 56.1 cm³/mol. The van der Waals surface area contributed by atoms with Gasteiger partial charge in [-0.3, -0.25) is 11.6 Å². The second-order valence-electron chi connectivity index (χ2n) is 2.03. The van der Waals surface area contributed by atoms with Crippen molar-refractivity contribution >= 4 is 12.7 Å². The Morgan fingerprint density at radius 3 is 2.24 bits per heavy atom. The second kappa shape index (κ2) is 21.2. The minimum Gasteiger partial charge on any atom is -0.545 e. The maximum absolute atomic E-state index is 10.0. The molecular weight excluding hydrogens is 467 g/mol. The Hall–Kier alpha value is -0.118. The zero-order valence-corrected chi connectivity index (χ0v) is 15.3. The monoisotopic (exact) mass is 480 g/mol. The largest absolute Gasteiger partial charge is 0.545 e. The van der Waals surface area contributed by atoms with Gasteiger partial charge in [0, 0.05) is 60.8 Å². The second-order valence-corrected chi connectivity index (χ2v) is 2.03. The Bertz CT molecular complexity index is 257. The van der Waals surface area contributed by atoms with Crippen LogP contribution in [-0.4, -0.2) is 29.7 Å². The van der Waals surface area contributed by atoms with Crippen LogP contribution < -0.4 is 5.32 Å². The molecule has 0 aliphatic heterocycles. The summed E-state index contributed by atoms with van der Waals surface area (Å²) in [4.78, 5) is 25.1. The van der Waals surface area contributed by atoms with E-state index in [0.717, 1.165) is 0 Å². The molecule has 7 heteroatoms. The van der Waals surface area contributed by atoms with E-state index in [1.54, 1.807) is 19.3 Å². The summed E-state index contributed by atoms with van der Waals surface area (Å²) in [6.07, 6.45) is 4.52. The van der Waals surface area contributed by atoms with Crippen LogP contribution in [0.3, 0.4) is 0 Å². The van der Waals surface area contributed by atoms with Crippen molar-refractivity contribution in [2.75, 3.05) is 7.05 Å². The molecule has 0 fully saturated rings. The Kier molecular flexibility index (Phi) is 32.0. The van der Waals surface area contributed by atoms with Gasteiger partial charge in [0.15, 0.2) is 5.91 Å². The van der Waals surface area contributed by atoms with E-state index >= 15 is 0 Å². The number of nitrogens with zero attached hydrogens (tertiary/aromatic N) is 2. The molecule has 5 nitrogen and oxygen atoms in total. The van der Waals surface area contributed by atoms with E-state index in [0.29, 0.717) is 12.2 Å². The Morgan fingerprint density at radius 2 is 2.12 bits per heavy atom. The topological polar surface area (TPSA) is 72.0 Å². The molecule has 0 spiro atoms. The van der Waals surface area contributed by atoms with E-state index in [9.17, 15) is 4.79 Å². The molecule has 1 amide bonds. The van der Waals surface area contributed by atoms with Crippen molar-refractivity contribution in [3.8, 4) is 0 Å². The first-order valence-electron chi connectivity index (χ1n) is 3.95. The zero-order valence-electron chi connectivity index (χ0n) is 9.55. The molecular formula is C10H13N3O2WY-4. The summed E-state index contributed by atoms with van der Waals surface area (Å²) in [6, 6.07) is 1.63. The van der Waals surface area contributed by atoms with Crippen LogP contribution in [0.5, 0.6) is 0 Å². The molecule has 1 radical (unpaired) electrons. The molecule has 0 atom stereocenters. The summed E-state index contributed by atoms with van der Waals surface area (Å²) in [5.74, 6) is 0.498. The number of aromatic nitrogens is 2. The van der Waals surface area contributed by atoms with Crippen LogP contribution in [0.15, 0.2) is 12.3 Å². The van der Waals surface area contributed by atoms with Crippen molar-refractivity contribution in [3.05, 3.63) is 38.1 Å². The van der Waals surface area contributed by atoms with Gasteiger partial charge in [0.1, 0.15) is 0 Å². The summed E-state index contributed by atoms with van der Waals surface area (Å²) in [6.45, 7) is 10.1. The Balaban J connectivity index is -0.0000000794.